The molecule has 1 aliphatic heterocycles. The summed E-state index contributed by atoms with van der Waals surface area (Å²) in [5, 5.41) is 4.24. The molecule has 0 bridgehead atoms. The van der Waals surface area contributed by atoms with E-state index in [4.69, 9.17) is 0 Å². The zero-order chi connectivity index (χ0) is 23.4. The van der Waals surface area contributed by atoms with E-state index >= 15 is 0 Å². The molecule has 0 N–H and O–H groups in total. The molecule has 1 aromatic heterocycles. The van der Waals surface area contributed by atoms with Gasteiger partial charge in [-0.2, -0.15) is 9.40 Å². The van der Waals surface area contributed by atoms with E-state index in [-0.39, 0.29) is 48.2 Å². The molecule has 1 aliphatic rings. The number of rotatable bonds is 5. The molecule has 0 saturated carbocycles. The molecule has 1 fully saturated rings. The summed E-state index contributed by atoms with van der Waals surface area (Å²) in [6.45, 7) is 1.12. The van der Waals surface area contributed by atoms with Crippen molar-refractivity contribution in [2.75, 3.05) is 26.2 Å². The molecule has 1 amide bonds. The van der Waals surface area contributed by atoms with E-state index in [1.807, 2.05) is 30.3 Å². The van der Waals surface area contributed by atoms with Gasteiger partial charge in [0.05, 0.1) is 11.4 Å². The van der Waals surface area contributed by atoms with Crippen LogP contribution in [0.4, 0.5) is 4.39 Å². The molecule has 2 heterocycles. The van der Waals surface area contributed by atoms with Crippen LogP contribution in [0.3, 0.4) is 0 Å². The summed E-state index contributed by atoms with van der Waals surface area (Å²) in [6, 6.07) is 16.7. The van der Waals surface area contributed by atoms with Crippen LogP contribution in [-0.2, 0) is 16.6 Å². The Morgan fingerprint density at radius 3 is 2.36 bits per heavy atom. The molecule has 0 atom stereocenters. The van der Waals surface area contributed by atoms with E-state index < -0.39 is 15.8 Å². The van der Waals surface area contributed by atoms with Crippen LogP contribution in [0.15, 0.2) is 76.4 Å². The number of aromatic nitrogens is 2. The molecule has 172 valence electrons. The normalized spacial score (nSPS) is 15.2. The summed E-state index contributed by atoms with van der Waals surface area (Å²) in [5.74, 6) is -0.875. The Hall–Kier alpha value is -3.37. The van der Waals surface area contributed by atoms with Crippen LogP contribution in [0, 0.1) is 5.82 Å². The minimum Gasteiger partial charge on any atom is -0.336 e. The Bertz CT molecular complexity index is 1290. The van der Waals surface area contributed by atoms with Crippen molar-refractivity contribution in [3.63, 3.8) is 0 Å². The summed E-state index contributed by atoms with van der Waals surface area (Å²) in [6.07, 6.45) is 0.440. The van der Waals surface area contributed by atoms with Crippen molar-refractivity contribution in [2.24, 2.45) is 0 Å². The summed E-state index contributed by atoms with van der Waals surface area (Å²) < 4.78 is 41.5. The van der Waals surface area contributed by atoms with Crippen LogP contribution < -0.4 is 5.56 Å². The second kappa shape index (κ2) is 9.63. The van der Waals surface area contributed by atoms with Crippen LogP contribution >= 0.6 is 0 Å². The number of nitrogens with zero attached hydrogens (tertiary/aromatic N) is 4. The van der Waals surface area contributed by atoms with Crippen LogP contribution in [0.2, 0.25) is 0 Å². The van der Waals surface area contributed by atoms with Gasteiger partial charge in [-0.25, -0.2) is 17.5 Å². The Morgan fingerprint density at radius 1 is 0.909 bits per heavy atom. The van der Waals surface area contributed by atoms with Gasteiger partial charge in [0, 0.05) is 32.2 Å². The highest BCUT2D eigenvalue weighted by Crippen LogP contribution is 2.18. The summed E-state index contributed by atoms with van der Waals surface area (Å²) in [4.78, 5) is 26.8. The van der Waals surface area contributed by atoms with E-state index in [9.17, 15) is 22.4 Å². The lowest BCUT2D eigenvalue weighted by atomic mass is 10.2. The van der Waals surface area contributed by atoms with Crippen molar-refractivity contribution >= 4 is 15.9 Å². The van der Waals surface area contributed by atoms with Crippen LogP contribution in [0.1, 0.15) is 22.5 Å². The topological polar surface area (TPSA) is 92.6 Å². The van der Waals surface area contributed by atoms with Crippen molar-refractivity contribution in [1.29, 1.82) is 0 Å². The number of hydrogen-bond acceptors (Lipinski definition) is 5. The Kier molecular flexibility index (Phi) is 6.66. The lowest BCUT2D eigenvalue weighted by Crippen LogP contribution is -2.38. The molecule has 10 heteroatoms. The van der Waals surface area contributed by atoms with Crippen molar-refractivity contribution in [3.05, 3.63) is 94.2 Å². The van der Waals surface area contributed by atoms with Gasteiger partial charge in [0.2, 0.25) is 10.0 Å². The van der Waals surface area contributed by atoms with E-state index in [0.29, 0.717) is 13.0 Å². The molecule has 0 radical (unpaired) electrons. The maximum absolute atomic E-state index is 13.2. The minimum absolute atomic E-state index is 0.0123. The molecule has 0 aliphatic carbocycles. The van der Waals surface area contributed by atoms with Gasteiger partial charge in [-0.15, -0.1) is 0 Å². The van der Waals surface area contributed by atoms with Crippen molar-refractivity contribution in [1.82, 2.24) is 19.0 Å². The Labute approximate surface area is 190 Å². The monoisotopic (exact) mass is 470 g/mol. The number of amides is 1. The molecule has 4 rings (SSSR count). The maximum Gasteiger partial charge on any atom is 0.274 e. The van der Waals surface area contributed by atoms with Gasteiger partial charge in [-0.3, -0.25) is 9.59 Å². The third kappa shape index (κ3) is 5.18. The average Bonchev–Trinajstić information content (AvgIpc) is 3.08. The molecule has 0 spiro atoms. The maximum atomic E-state index is 13.2. The summed E-state index contributed by atoms with van der Waals surface area (Å²) >= 11 is 0. The number of carbonyl (C=O) groups excluding carboxylic acids is 1. The number of sulfonamides is 1. The third-order valence-electron chi connectivity index (χ3n) is 5.45. The van der Waals surface area contributed by atoms with Crippen LogP contribution in [0.25, 0.3) is 0 Å². The minimum atomic E-state index is -3.80. The van der Waals surface area contributed by atoms with Gasteiger partial charge in [-0.1, -0.05) is 30.3 Å². The summed E-state index contributed by atoms with van der Waals surface area (Å²) in [7, 11) is -3.80. The number of halogens is 1. The number of benzene rings is 2. The molecule has 0 unspecified atom stereocenters. The van der Waals surface area contributed by atoms with E-state index in [1.165, 1.54) is 33.3 Å². The highest BCUT2D eigenvalue weighted by Gasteiger charge is 2.29. The SMILES string of the molecule is O=C(c1ccc(=O)n(Cc2ccccc2)n1)N1CCCN(S(=O)(=O)c2ccc(F)cc2)CC1. The van der Waals surface area contributed by atoms with Gasteiger partial charge < -0.3 is 4.90 Å². The number of carbonyl (C=O) groups is 1. The Morgan fingerprint density at radius 2 is 1.64 bits per heavy atom. The predicted octanol–water partition coefficient (Wildman–Crippen LogP) is 1.97. The van der Waals surface area contributed by atoms with Crippen LogP contribution in [0.5, 0.6) is 0 Å². The quantitative estimate of drug-likeness (QED) is 0.569. The van der Waals surface area contributed by atoms with Gasteiger partial charge in [0.15, 0.2) is 0 Å². The van der Waals surface area contributed by atoms with Gasteiger partial charge >= 0.3 is 0 Å². The molecular formula is C23H23FN4O4S. The molecule has 33 heavy (non-hydrogen) atoms. The number of hydrogen-bond donors (Lipinski definition) is 0. The second-order valence-electron chi connectivity index (χ2n) is 7.70. The molecular weight excluding hydrogens is 447 g/mol. The first-order valence-electron chi connectivity index (χ1n) is 10.5. The molecule has 3 aromatic rings. The zero-order valence-corrected chi connectivity index (χ0v) is 18.6. The highest BCUT2D eigenvalue weighted by molar-refractivity contribution is 7.89. The van der Waals surface area contributed by atoms with Crippen molar-refractivity contribution in [3.8, 4) is 0 Å². The lowest BCUT2D eigenvalue weighted by Gasteiger charge is -2.22. The smallest absolute Gasteiger partial charge is 0.274 e. The van der Waals surface area contributed by atoms with Gasteiger partial charge in [0.25, 0.3) is 11.5 Å². The molecule has 8 nitrogen and oxygen atoms in total. The standard InChI is InChI=1S/C23H23FN4O4S/c24-19-7-9-20(10-8-19)33(31,32)27-14-4-13-26(15-16-27)23(30)21-11-12-22(29)28(25-21)17-18-5-2-1-3-6-18/h1-3,5-12H,4,13-17H2. The summed E-state index contributed by atoms with van der Waals surface area (Å²) in [5.41, 5.74) is 0.691. The lowest BCUT2D eigenvalue weighted by molar-refractivity contribution is 0.0755. The van der Waals surface area contributed by atoms with E-state index in [0.717, 1.165) is 17.7 Å². The van der Waals surface area contributed by atoms with E-state index in [2.05, 4.69) is 5.10 Å². The first kappa shape index (κ1) is 22.8. The first-order valence-corrected chi connectivity index (χ1v) is 12.0. The highest BCUT2D eigenvalue weighted by atomic mass is 32.2. The fourth-order valence-corrected chi connectivity index (χ4v) is 5.16. The van der Waals surface area contributed by atoms with Gasteiger partial charge in [-0.05, 0) is 42.3 Å². The van der Waals surface area contributed by atoms with E-state index in [1.54, 1.807) is 4.90 Å². The molecule has 2 aromatic carbocycles. The fourth-order valence-electron chi connectivity index (χ4n) is 3.69. The Balaban J connectivity index is 1.48. The first-order chi connectivity index (χ1) is 15.8. The largest absolute Gasteiger partial charge is 0.336 e. The second-order valence-corrected chi connectivity index (χ2v) is 9.64. The van der Waals surface area contributed by atoms with Crippen LogP contribution in [-0.4, -0.2) is 59.5 Å². The fraction of sp³-hybridized carbons (Fsp3) is 0.261. The van der Waals surface area contributed by atoms with Crippen molar-refractivity contribution < 1.29 is 17.6 Å². The predicted molar refractivity (Wildman–Crippen MR) is 120 cm³/mol. The van der Waals surface area contributed by atoms with Crippen molar-refractivity contribution in [2.45, 2.75) is 17.9 Å². The zero-order valence-electron chi connectivity index (χ0n) is 17.8. The van der Waals surface area contributed by atoms with Gasteiger partial charge in [0.1, 0.15) is 11.5 Å². The molecule has 1 saturated heterocycles. The average molecular weight is 471 g/mol. The third-order valence-corrected chi connectivity index (χ3v) is 7.37.